The molecule has 2 aromatic rings. The minimum absolute atomic E-state index is 0.112. The number of hydrogen-bond acceptors (Lipinski definition) is 3. The zero-order valence-electron chi connectivity index (χ0n) is 9.81. The summed E-state index contributed by atoms with van der Waals surface area (Å²) in [5.41, 5.74) is 0.968. The second-order valence-electron chi connectivity index (χ2n) is 3.72. The minimum atomic E-state index is -0.340. The Morgan fingerprint density at radius 3 is 2.79 bits per heavy atom. The molecule has 0 bridgehead atoms. The van der Waals surface area contributed by atoms with E-state index in [0.29, 0.717) is 15.7 Å². The summed E-state index contributed by atoms with van der Waals surface area (Å²) < 4.78 is 1.52. The van der Waals surface area contributed by atoms with Gasteiger partial charge in [0.2, 0.25) is 0 Å². The Balaban J connectivity index is 2.20. The molecule has 1 aromatic heterocycles. The second-order valence-corrected chi connectivity index (χ2v) is 4.54. The van der Waals surface area contributed by atoms with Gasteiger partial charge < -0.3 is 10.4 Å². The highest BCUT2D eigenvalue weighted by Crippen LogP contribution is 2.24. The fraction of sp³-hybridized carbons (Fsp3) is 0.167. The minimum Gasteiger partial charge on any atom is -0.395 e. The van der Waals surface area contributed by atoms with E-state index in [1.807, 2.05) is 0 Å². The number of carbonyl (C=O) groups is 1. The molecule has 0 radical (unpaired) electrons. The Labute approximate surface area is 119 Å². The largest absolute Gasteiger partial charge is 0.395 e. The van der Waals surface area contributed by atoms with Gasteiger partial charge in [0.15, 0.2) is 5.69 Å². The first kappa shape index (κ1) is 13.9. The number of nitrogens with one attached hydrogen (secondary N) is 1. The predicted molar refractivity (Wildman–Crippen MR) is 73.0 cm³/mol. The van der Waals surface area contributed by atoms with E-state index < -0.39 is 0 Å². The van der Waals surface area contributed by atoms with Crippen LogP contribution in [0, 0.1) is 0 Å². The van der Waals surface area contributed by atoms with E-state index >= 15 is 0 Å². The fourth-order valence-electron chi connectivity index (χ4n) is 1.48. The molecule has 0 spiro atoms. The van der Waals surface area contributed by atoms with Crippen molar-refractivity contribution in [3.8, 4) is 5.69 Å². The van der Waals surface area contributed by atoms with Crippen molar-refractivity contribution in [1.82, 2.24) is 15.1 Å². The molecular formula is C12H11Cl2N3O2. The van der Waals surface area contributed by atoms with E-state index in [4.69, 9.17) is 28.3 Å². The fourth-order valence-corrected chi connectivity index (χ4v) is 1.77. The summed E-state index contributed by atoms with van der Waals surface area (Å²) in [5.74, 6) is -0.340. The molecule has 0 saturated heterocycles. The number of amides is 1. The number of nitrogens with zero attached hydrogens (tertiary/aromatic N) is 2. The molecule has 0 atom stereocenters. The van der Waals surface area contributed by atoms with Crippen LogP contribution in [-0.2, 0) is 0 Å². The molecule has 7 heteroatoms. The lowest BCUT2D eigenvalue weighted by Crippen LogP contribution is -2.26. The molecule has 19 heavy (non-hydrogen) atoms. The molecule has 0 aliphatic carbocycles. The van der Waals surface area contributed by atoms with Crippen LogP contribution in [0.2, 0.25) is 10.0 Å². The van der Waals surface area contributed by atoms with Crippen LogP contribution in [0.4, 0.5) is 0 Å². The number of rotatable bonds is 4. The summed E-state index contributed by atoms with van der Waals surface area (Å²) in [7, 11) is 0. The van der Waals surface area contributed by atoms with Crippen molar-refractivity contribution in [3.63, 3.8) is 0 Å². The van der Waals surface area contributed by atoms with Crippen molar-refractivity contribution in [3.05, 3.63) is 46.2 Å². The lowest BCUT2D eigenvalue weighted by Gasteiger charge is -2.03. The molecule has 1 aromatic carbocycles. The van der Waals surface area contributed by atoms with E-state index in [-0.39, 0.29) is 24.8 Å². The highest BCUT2D eigenvalue weighted by atomic mass is 35.5. The van der Waals surface area contributed by atoms with Gasteiger partial charge in [0, 0.05) is 12.7 Å². The van der Waals surface area contributed by atoms with E-state index in [9.17, 15) is 4.79 Å². The Morgan fingerprint density at radius 1 is 1.32 bits per heavy atom. The number of aromatic nitrogens is 2. The monoisotopic (exact) mass is 299 g/mol. The van der Waals surface area contributed by atoms with Crippen molar-refractivity contribution in [1.29, 1.82) is 0 Å². The summed E-state index contributed by atoms with van der Waals surface area (Å²) in [6, 6.07) is 6.64. The third-order valence-electron chi connectivity index (χ3n) is 2.39. The van der Waals surface area contributed by atoms with Gasteiger partial charge in [-0.25, -0.2) is 4.68 Å². The Kier molecular flexibility index (Phi) is 4.42. The molecule has 0 aliphatic rings. The van der Waals surface area contributed by atoms with Crippen molar-refractivity contribution in [2.45, 2.75) is 0 Å². The number of aliphatic hydroxyl groups is 1. The molecule has 0 aliphatic heterocycles. The summed E-state index contributed by atoms with van der Waals surface area (Å²) in [6.07, 6.45) is 1.65. The van der Waals surface area contributed by atoms with Crippen molar-refractivity contribution >= 4 is 29.1 Å². The molecule has 1 amide bonds. The predicted octanol–water partition coefficient (Wildman–Crippen LogP) is 1.90. The van der Waals surface area contributed by atoms with E-state index in [0.717, 1.165) is 0 Å². The Morgan fingerprint density at radius 2 is 2.11 bits per heavy atom. The number of carbonyl (C=O) groups excluding carboxylic acids is 1. The summed E-state index contributed by atoms with van der Waals surface area (Å²) in [5, 5.41) is 16.2. The average Bonchev–Trinajstić information content (AvgIpc) is 2.89. The van der Waals surface area contributed by atoms with Gasteiger partial charge in [-0.1, -0.05) is 23.2 Å². The van der Waals surface area contributed by atoms with Gasteiger partial charge in [-0.3, -0.25) is 4.79 Å². The topological polar surface area (TPSA) is 67.2 Å². The molecular weight excluding hydrogens is 289 g/mol. The van der Waals surface area contributed by atoms with Crippen LogP contribution in [0.3, 0.4) is 0 Å². The van der Waals surface area contributed by atoms with Crippen molar-refractivity contribution in [2.24, 2.45) is 0 Å². The van der Waals surface area contributed by atoms with Crippen LogP contribution < -0.4 is 5.32 Å². The van der Waals surface area contributed by atoms with Crippen molar-refractivity contribution < 1.29 is 9.90 Å². The maximum absolute atomic E-state index is 11.6. The second kappa shape index (κ2) is 6.06. The molecule has 1 heterocycles. The maximum Gasteiger partial charge on any atom is 0.271 e. The van der Waals surface area contributed by atoms with E-state index in [1.54, 1.807) is 30.5 Å². The standard InChI is InChI=1S/C12H11Cl2N3O2/c13-9-2-1-8(7-10(9)14)17-5-3-11(16-17)12(19)15-4-6-18/h1-3,5,7,18H,4,6H2,(H,15,19). The van der Waals surface area contributed by atoms with Crippen molar-refractivity contribution in [2.75, 3.05) is 13.2 Å². The molecule has 2 rings (SSSR count). The first-order valence-electron chi connectivity index (χ1n) is 5.52. The smallest absolute Gasteiger partial charge is 0.271 e. The first-order chi connectivity index (χ1) is 9.11. The maximum atomic E-state index is 11.6. The van der Waals surface area contributed by atoms with Gasteiger partial charge in [0.1, 0.15) is 0 Å². The van der Waals surface area contributed by atoms with Crippen LogP contribution >= 0.6 is 23.2 Å². The van der Waals surface area contributed by atoms with Gasteiger partial charge >= 0.3 is 0 Å². The van der Waals surface area contributed by atoms with E-state index in [1.165, 1.54) is 4.68 Å². The zero-order chi connectivity index (χ0) is 13.8. The molecule has 0 unspecified atom stereocenters. The van der Waals surface area contributed by atoms with Crippen LogP contribution in [0.15, 0.2) is 30.5 Å². The van der Waals surface area contributed by atoms with Crippen LogP contribution in [0.5, 0.6) is 0 Å². The number of halogens is 2. The molecule has 0 fully saturated rings. The molecule has 2 N–H and O–H groups in total. The Bertz CT molecular complexity index is 598. The SMILES string of the molecule is O=C(NCCO)c1ccn(-c2ccc(Cl)c(Cl)c2)n1. The normalized spacial score (nSPS) is 10.5. The van der Waals surface area contributed by atoms with Gasteiger partial charge in [-0.15, -0.1) is 0 Å². The summed E-state index contributed by atoms with van der Waals surface area (Å²) in [4.78, 5) is 11.6. The molecule has 100 valence electrons. The third-order valence-corrected chi connectivity index (χ3v) is 3.13. The number of aliphatic hydroxyl groups excluding tert-OH is 1. The van der Waals surface area contributed by atoms with Gasteiger partial charge in [-0.2, -0.15) is 5.10 Å². The first-order valence-corrected chi connectivity index (χ1v) is 6.27. The lowest BCUT2D eigenvalue weighted by molar-refractivity contribution is 0.0939. The van der Waals surface area contributed by atoms with Gasteiger partial charge in [0.05, 0.1) is 22.3 Å². The summed E-state index contributed by atoms with van der Waals surface area (Å²) >= 11 is 11.8. The third kappa shape index (κ3) is 3.26. The Hall–Kier alpha value is -1.56. The quantitative estimate of drug-likeness (QED) is 0.906. The number of benzene rings is 1. The van der Waals surface area contributed by atoms with Crippen LogP contribution in [0.1, 0.15) is 10.5 Å². The van der Waals surface area contributed by atoms with Gasteiger partial charge in [0.25, 0.3) is 5.91 Å². The average molecular weight is 300 g/mol. The lowest BCUT2D eigenvalue weighted by atomic mass is 10.3. The van der Waals surface area contributed by atoms with E-state index in [2.05, 4.69) is 10.4 Å². The van der Waals surface area contributed by atoms with Crippen LogP contribution in [-0.4, -0.2) is 33.9 Å². The van der Waals surface area contributed by atoms with Gasteiger partial charge in [-0.05, 0) is 24.3 Å². The molecule has 5 nitrogen and oxygen atoms in total. The molecule has 0 saturated carbocycles. The highest BCUT2D eigenvalue weighted by Gasteiger charge is 2.10. The number of hydrogen-bond donors (Lipinski definition) is 2. The zero-order valence-corrected chi connectivity index (χ0v) is 11.3. The summed E-state index contributed by atoms with van der Waals surface area (Å²) in [6.45, 7) is 0.0811. The van der Waals surface area contributed by atoms with Crippen LogP contribution in [0.25, 0.3) is 5.69 Å². The highest BCUT2D eigenvalue weighted by molar-refractivity contribution is 6.42.